The topological polar surface area (TPSA) is 62.7 Å². The Kier molecular flexibility index (Phi) is 4.70. The number of aromatic nitrogens is 1. The maximum Gasteiger partial charge on any atom is 0.355 e. The Bertz CT molecular complexity index is 650. The summed E-state index contributed by atoms with van der Waals surface area (Å²) in [5.74, 6) is -0.247. The first-order chi connectivity index (χ1) is 10.7. The highest BCUT2D eigenvalue weighted by Crippen LogP contribution is 2.32. The molecule has 0 spiro atoms. The van der Waals surface area contributed by atoms with Crippen LogP contribution in [0.5, 0.6) is 5.75 Å². The molecule has 0 unspecified atom stereocenters. The number of likely N-dealkylation sites (tertiary alicyclic amines) is 1. The number of aromatic carboxylic acids is 1. The fourth-order valence-corrected chi connectivity index (χ4v) is 3.38. The molecular weight excluding hydrogens is 300 g/mol. The van der Waals surface area contributed by atoms with E-state index in [1.165, 1.54) is 24.2 Å². The van der Waals surface area contributed by atoms with Gasteiger partial charge < -0.3 is 9.84 Å². The van der Waals surface area contributed by atoms with Crippen LogP contribution in [0.3, 0.4) is 0 Å². The lowest BCUT2D eigenvalue weighted by molar-refractivity contribution is 0.0691. The summed E-state index contributed by atoms with van der Waals surface area (Å²) in [6, 6.07) is 7.64. The van der Waals surface area contributed by atoms with Crippen molar-refractivity contribution in [1.82, 2.24) is 9.88 Å². The molecule has 2 heterocycles. The fraction of sp³-hybridized carbons (Fsp3) is 0.375. The number of hydrogen-bond donors (Lipinski definition) is 1. The van der Waals surface area contributed by atoms with Gasteiger partial charge in [-0.25, -0.2) is 9.78 Å². The predicted octanol–water partition coefficient (Wildman–Crippen LogP) is 2.98. The molecular formula is C16H18N2O3S. The largest absolute Gasteiger partial charge is 0.492 e. The minimum atomic E-state index is -1.00. The van der Waals surface area contributed by atoms with Crippen LogP contribution >= 0.6 is 11.3 Å². The Morgan fingerprint density at radius 3 is 2.82 bits per heavy atom. The fourth-order valence-electron chi connectivity index (χ4n) is 2.56. The number of benzene rings is 1. The molecule has 1 aliphatic heterocycles. The highest BCUT2D eigenvalue weighted by Gasteiger charge is 2.15. The number of carboxylic acids is 1. The molecule has 22 heavy (non-hydrogen) atoms. The van der Waals surface area contributed by atoms with Gasteiger partial charge in [0.25, 0.3) is 0 Å². The summed E-state index contributed by atoms with van der Waals surface area (Å²) < 4.78 is 5.90. The number of ether oxygens (including phenoxy) is 1. The molecule has 0 amide bonds. The van der Waals surface area contributed by atoms with Crippen molar-refractivity contribution in [2.24, 2.45) is 0 Å². The van der Waals surface area contributed by atoms with Crippen molar-refractivity contribution in [3.63, 3.8) is 0 Å². The summed E-state index contributed by atoms with van der Waals surface area (Å²) in [7, 11) is 0. The molecule has 3 rings (SSSR count). The van der Waals surface area contributed by atoms with E-state index in [4.69, 9.17) is 9.84 Å². The summed E-state index contributed by atoms with van der Waals surface area (Å²) in [5.41, 5.74) is 0.924. The Morgan fingerprint density at radius 2 is 2.09 bits per heavy atom. The third-order valence-electron chi connectivity index (χ3n) is 3.70. The van der Waals surface area contributed by atoms with Crippen molar-refractivity contribution >= 4 is 17.3 Å². The molecule has 0 aliphatic carbocycles. The Balaban J connectivity index is 1.69. The summed E-state index contributed by atoms with van der Waals surface area (Å²) in [6.07, 6.45) is 2.54. The highest BCUT2D eigenvalue weighted by atomic mass is 32.1. The second kappa shape index (κ2) is 6.89. The van der Waals surface area contributed by atoms with Gasteiger partial charge in [-0.1, -0.05) is 12.1 Å². The van der Waals surface area contributed by atoms with Gasteiger partial charge in [-0.15, -0.1) is 11.3 Å². The van der Waals surface area contributed by atoms with E-state index in [0.717, 1.165) is 30.9 Å². The van der Waals surface area contributed by atoms with Gasteiger partial charge in [0.1, 0.15) is 17.4 Å². The highest BCUT2D eigenvalue weighted by molar-refractivity contribution is 7.13. The van der Waals surface area contributed by atoms with E-state index in [1.807, 2.05) is 24.3 Å². The normalized spacial score (nSPS) is 15.1. The molecule has 1 fully saturated rings. The summed E-state index contributed by atoms with van der Waals surface area (Å²) in [6.45, 7) is 3.86. The zero-order valence-corrected chi connectivity index (χ0v) is 13.0. The van der Waals surface area contributed by atoms with Gasteiger partial charge in [0.2, 0.25) is 0 Å². The minimum absolute atomic E-state index is 0.0758. The van der Waals surface area contributed by atoms with Gasteiger partial charge >= 0.3 is 5.97 Å². The van der Waals surface area contributed by atoms with Gasteiger partial charge in [-0.2, -0.15) is 0 Å². The lowest BCUT2D eigenvalue weighted by atomic mass is 10.2. The van der Waals surface area contributed by atoms with Crippen LogP contribution in [0.2, 0.25) is 0 Å². The van der Waals surface area contributed by atoms with Gasteiger partial charge in [-0.05, 0) is 38.1 Å². The zero-order valence-electron chi connectivity index (χ0n) is 12.2. The molecule has 2 aromatic rings. The lowest BCUT2D eigenvalue weighted by Crippen LogP contribution is -2.25. The first kappa shape index (κ1) is 15.0. The van der Waals surface area contributed by atoms with Crippen molar-refractivity contribution in [2.45, 2.75) is 12.8 Å². The Morgan fingerprint density at radius 1 is 1.32 bits per heavy atom. The second-order valence-electron chi connectivity index (χ2n) is 5.24. The van der Waals surface area contributed by atoms with E-state index in [9.17, 15) is 4.79 Å². The smallest absolute Gasteiger partial charge is 0.355 e. The van der Waals surface area contributed by atoms with Crippen LogP contribution in [0.15, 0.2) is 29.6 Å². The third kappa shape index (κ3) is 3.45. The molecule has 1 aromatic heterocycles. The van der Waals surface area contributed by atoms with Crippen LogP contribution in [-0.4, -0.2) is 47.2 Å². The molecule has 1 saturated heterocycles. The zero-order chi connectivity index (χ0) is 15.4. The quantitative estimate of drug-likeness (QED) is 0.887. The van der Waals surface area contributed by atoms with Crippen molar-refractivity contribution in [2.75, 3.05) is 26.2 Å². The SMILES string of the molecule is O=C(O)c1csc(-c2ccccc2OCCN2CCCC2)n1. The van der Waals surface area contributed by atoms with Crippen molar-refractivity contribution in [1.29, 1.82) is 0 Å². The van der Waals surface area contributed by atoms with E-state index in [2.05, 4.69) is 9.88 Å². The van der Waals surface area contributed by atoms with E-state index < -0.39 is 5.97 Å². The molecule has 0 atom stereocenters. The number of hydrogen-bond acceptors (Lipinski definition) is 5. The molecule has 0 radical (unpaired) electrons. The number of carboxylic acid groups (broad SMARTS) is 1. The van der Waals surface area contributed by atoms with Crippen LogP contribution in [0, 0.1) is 0 Å². The van der Waals surface area contributed by atoms with E-state index in [1.54, 1.807) is 5.38 Å². The van der Waals surface area contributed by atoms with Crippen LogP contribution in [0.4, 0.5) is 0 Å². The molecule has 0 saturated carbocycles. The Labute approximate surface area is 133 Å². The maximum absolute atomic E-state index is 11.0. The number of carbonyl (C=O) groups is 1. The van der Waals surface area contributed by atoms with E-state index in [0.29, 0.717) is 11.6 Å². The standard InChI is InChI=1S/C16H18N2O3S/c19-16(20)13-11-22-15(17-13)12-5-1-2-6-14(12)21-10-9-18-7-3-4-8-18/h1-2,5-6,11H,3-4,7-10H2,(H,19,20). The van der Waals surface area contributed by atoms with Gasteiger partial charge in [0, 0.05) is 11.9 Å². The van der Waals surface area contributed by atoms with E-state index in [-0.39, 0.29) is 5.69 Å². The lowest BCUT2D eigenvalue weighted by Gasteiger charge is -2.16. The molecule has 116 valence electrons. The molecule has 1 aliphatic rings. The second-order valence-corrected chi connectivity index (χ2v) is 6.09. The third-order valence-corrected chi connectivity index (χ3v) is 4.58. The monoisotopic (exact) mass is 318 g/mol. The minimum Gasteiger partial charge on any atom is -0.492 e. The van der Waals surface area contributed by atoms with Gasteiger partial charge in [-0.3, -0.25) is 4.90 Å². The van der Waals surface area contributed by atoms with Gasteiger partial charge in [0.05, 0.1) is 5.56 Å². The first-order valence-corrected chi connectivity index (χ1v) is 8.25. The Hall–Kier alpha value is -1.92. The van der Waals surface area contributed by atoms with Crippen LogP contribution < -0.4 is 4.74 Å². The van der Waals surface area contributed by atoms with Crippen molar-refractivity contribution < 1.29 is 14.6 Å². The molecule has 5 nitrogen and oxygen atoms in total. The predicted molar refractivity (Wildman–Crippen MR) is 85.7 cm³/mol. The summed E-state index contributed by atoms with van der Waals surface area (Å²) in [4.78, 5) is 17.5. The number of rotatable bonds is 6. The van der Waals surface area contributed by atoms with Crippen LogP contribution in [-0.2, 0) is 0 Å². The molecule has 1 N–H and O–H groups in total. The molecule has 1 aromatic carbocycles. The van der Waals surface area contributed by atoms with Crippen molar-refractivity contribution in [3.8, 4) is 16.3 Å². The number of para-hydroxylation sites is 1. The first-order valence-electron chi connectivity index (χ1n) is 7.37. The number of thiazole rings is 1. The van der Waals surface area contributed by atoms with Crippen LogP contribution in [0.1, 0.15) is 23.3 Å². The molecule has 0 bridgehead atoms. The van der Waals surface area contributed by atoms with Crippen molar-refractivity contribution in [3.05, 3.63) is 35.3 Å². The van der Waals surface area contributed by atoms with Crippen LogP contribution in [0.25, 0.3) is 10.6 Å². The van der Waals surface area contributed by atoms with Gasteiger partial charge in [0.15, 0.2) is 5.69 Å². The van der Waals surface area contributed by atoms with E-state index >= 15 is 0 Å². The maximum atomic E-state index is 11.0. The summed E-state index contributed by atoms with van der Waals surface area (Å²) in [5, 5.41) is 11.2. The molecule has 6 heteroatoms. The summed E-state index contributed by atoms with van der Waals surface area (Å²) >= 11 is 1.32. The average molecular weight is 318 g/mol. The average Bonchev–Trinajstić information content (AvgIpc) is 3.19. The number of nitrogens with zero attached hydrogens (tertiary/aromatic N) is 2.